The Balaban J connectivity index is 2.49. The minimum Gasteiger partial charge on any atom is -0.370 e. The number of rotatable bonds is 7. The van der Waals surface area contributed by atoms with Gasteiger partial charge in [0.2, 0.25) is 5.91 Å². The molecule has 118 valence electrons. The second-order valence-corrected chi connectivity index (χ2v) is 5.86. The lowest BCUT2D eigenvalue weighted by Crippen LogP contribution is -2.55. The Morgan fingerprint density at radius 1 is 1.30 bits per heavy atom. The fraction of sp³-hybridized carbons (Fsp3) is 0.929. The first-order chi connectivity index (χ1) is 9.49. The zero-order chi connectivity index (χ0) is 15.1. The SMILES string of the molecule is COC(CN)C(=O)NCC(C(C)C)N1CCN(C)CC1. The van der Waals surface area contributed by atoms with Gasteiger partial charge in [-0.1, -0.05) is 13.8 Å². The second-order valence-electron chi connectivity index (χ2n) is 5.86. The molecule has 1 aliphatic rings. The predicted octanol–water partition coefficient (Wildman–Crippen LogP) is -0.652. The monoisotopic (exact) mass is 286 g/mol. The molecule has 1 heterocycles. The van der Waals surface area contributed by atoms with Crippen molar-refractivity contribution < 1.29 is 9.53 Å². The highest BCUT2D eigenvalue weighted by molar-refractivity contribution is 5.81. The average Bonchev–Trinajstić information content (AvgIpc) is 2.42. The number of carbonyl (C=O) groups is 1. The molecule has 1 saturated heterocycles. The maximum atomic E-state index is 11.9. The van der Waals surface area contributed by atoms with Crippen LogP contribution >= 0.6 is 0 Å². The van der Waals surface area contributed by atoms with Crippen molar-refractivity contribution in [3.05, 3.63) is 0 Å². The quantitative estimate of drug-likeness (QED) is 0.651. The third-order valence-electron chi connectivity index (χ3n) is 4.05. The summed E-state index contributed by atoms with van der Waals surface area (Å²) in [6.45, 7) is 9.54. The van der Waals surface area contributed by atoms with Crippen molar-refractivity contribution in [2.24, 2.45) is 11.7 Å². The van der Waals surface area contributed by atoms with E-state index in [9.17, 15) is 4.79 Å². The number of likely N-dealkylation sites (N-methyl/N-ethyl adjacent to an activating group) is 1. The molecular formula is C14H30N4O2. The highest BCUT2D eigenvalue weighted by Crippen LogP contribution is 2.12. The fourth-order valence-corrected chi connectivity index (χ4v) is 2.57. The molecule has 0 bridgehead atoms. The van der Waals surface area contributed by atoms with E-state index in [1.165, 1.54) is 7.11 Å². The second kappa shape index (κ2) is 8.56. The number of hydrogen-bond donors (Lipinski definition) is 2. The van der Waals surface area contributed by atoms with Crippen molar-refractivity contribution in [2.45, 2.75) is 26.0 Å². The third kappa shape index (κ3) is 5.01. The first-order valence-electron chi connectivity index (χ1n) is 7.42. The Hall–Kier alpha value is -0.690. The number of nitrogens with two attached hydrogens (primary N) is 1. The van der Waals surface area contributed by atoms with Gasteiger partial charge in [0.05, 0.1) is 0 Å². The van der Waals surface area contributed by atoms with Crippen molar-refractivity contribution in [1.29, 1.82) is 0 Å². The van der Waals surface area contributed by atoms with Crippen LogP contribution in [-0.2, 0) is 9.53 Å². The molecule has 0 spiro atoms. The summed E-state index contributed by atoms with van der Waals surface area (Å²) in [6.07, 6.45) is -0.546. The Morgan fingerprint density at radius 3 is 2.35 bits per heavy atom. The molecule has 1 amide bonds. The first-order valence-corrected chi connectivity index (χ1v) is 7.42. The molecule has 0 aliphatic carbocycles. The van der Waals surface area contributed by atoms with Crippen LogP contribution in [0.25, 0.3) is 0 Å². The number of nitrogens with one attached hydrogen (secondary N) is 1. The molecule has 0 saturated carbocycles. The van der Waals surface area contributed by atoms with Crippen molar-refractivity contribution in [2.75, 3.05) is 53.4 Å². The summed E-state index contributed by atoms with van der Waals surface area (Å²) in [5.74, 6) is 0.382. The van der Waals surface area contributed by atoms with Crippen LogP contribution in [0.5, 0.6) is 0 Å². The lowest BCUT2D eigenvalue weighted by atomic mass is 10.0. The zero-order valence-electron chi connectivity index (χ0n) is 13.3. The van der Waals surface area contributed by atoms with Crippen LogP contribution in [0.4, 0.5) is 0 Å². The van der Waals surface area contributed by atoms with Crippen molar-refractivity contribution in [3.8, 4) is 0 Å². The Kier molecular flexibility index (Phi) is 7.43. The lowest BCUT2D eigenvalue weighted by molar-refractivity contribution is -0.130. The lowest BCUT2D eigenvalue weighted by Gasteiger charge is -2.40. The van der Waals surface area contributed by atoms with E-state index >= 15 is 0 Å². The molecule has 1 rings (SSSR count). The number of nitrogens with zero attached hydrogens (tertiary/aromatic N) is 2. The highest BCUT2D eigenvalue weighted by atomic mass is 16.5. The van der Waals surface area contributed by atoms with E-state index in [4.69, 9.17) is 10.5 Å². The summed E-state index contributed by atoms with van der Waals surface area (Å²) in [4.78, 5) is 16.7. The summed E-state index contributed by atoms with van der Waals surface area (Å²) >= 11 is 0. The van der Waals surface area contributed by atoms with Crippen LogP contribution in [0.15, 0.2) is 0 Å². The first kappa shape index (κ1) is 17.4. The number of carbonyl (C=O) groups excluding carboxylic acids is 1. The van der Waals surface area contributed by atoms with E-state index in [-0.39, 0.29) is 12.5 Å². The van der Waals surface area contributed by atoms with Crippen LogP contribution < -0.4 is 11.1 Å². The van der Waals surface area contributed by atoms with E-state index in [0.717, 1.165) is 26.2 Å². The topological polar surface area (TPSA) is 70.8 Å². The Bertz CT molecular complexity index is 287. The highest BCUT2D eigenvalue weighted by Gasteiger charge is 2.26. The van der Waals surface area contributed by atoms with Crippen molar-refractivity contribution in [1.82, 2.24) is 15.1 Å². The summed E-state index contributed by atoms with van der Waals surface area (Å²) in [6, 6.07) is 0.364. The number of piperazine rings is 1. The third-order valence-corrected chi connectivity index (χ3v) is 4.05. The summed E-state index contributed by atoms with van der Waals surface area (Å²) in [5, 5.41) is 2.98. The Morgan fingerprint density at radius 2 is 1.90 bits per heavy atom. The largest absolute Gasteiger partial charge is 0.370 e. The van der Waals surface area contributed by atoms with Crippen LogP contribution in [0.3, 0.4) is 0 Å². The molecule has 0 aromatic rings. The van der Waals surface area contributed by atoms with Crippen molar-refractivity contribution in [3.63, 3.8) is 0 Å². The van der Waals surface area contributed by atoms with Gasteiger partial charge in [0.25, 0.3) is 0 Å². The molecular weight excluding hydrogens is 256 g/mol. The van der Waals surface area contributed by atoms with E-state index in [1.54, 1.807) is 0 Å². The van der Waals surface area contributed by atoms with Gasteiger partial charge >= 0.3 is 0 Å². The van der Waals surface area contributed by atoms with Crippen LogP contribution in [-0.4, -0.2) is 81.3 Å². The predicted molar refractivity (Wildman–Crippen MR) is 80.6 cm³/mol. The smallest absolute Gasteiger partial charge is 0.250 e. The molecule has 0 aromatic carbocycles. The van der Waals surface area contributed by atoms with Gasteiger partial charge in [-0.05, 0) is 13.0 Å². The van der Waals surface area contributed by atoms with Gasteiger partial charge in [0.1, 0.15) is 6.10 Å². The van der Waals surface area contributed by atoms with Gasteiger partial charge in [0.15, 0.2) is 0 Å². The molecule has 2 atom stereocenters. The molecule has 6 heteroatoms. The maximum Gasteiger partial charge on any atom is 0.250 e. The minimum atomic E-state index is -0.546. The van der Waals surface area contributed by atoms with Crippen LogP contribution in [0.1, 0.15) is 13.8 Å². The molecule has 2 unspecified atom stereocenters. The fourth-order valence-electron chi connectivity index (χ4n) is 2.57. The molecule has 20 heavy (non-hydrogen) atoms. The van der Waals surface area contributed by atoms with Gasteiger partial charge in [-0.25, -0.2) is 0 Å². The summed E-state index contributed by atoms with van der Waals surface area (Å²) in [5.41, 5.74) is 5.51. The normalized spacial score (nSPS) is 20.9. The number of amides is 1. The summed E-state index contributed by atoms with van der Waals surface area (Å²) in [7, 11) is 3.66. The van der Waals surface area contributed by atoms with E-state index in [0.29, 0.717) is 18.5 Å². The van der Waals surface area contributed by atoms with Gasteiger partial charge in [-0.2, -0.15) is 0 Å². The number of methoxy groups -OCH3 is 1. The molecule has 0 aromatic heterocycles. The van der Waals surface area contributed by atoms with E-state index in [2.05, 4.69) is 36.0 Å². The molecule has 6 nitrogen and oxygen atoms in total. The molecule has 0 radical (unpaired) electrons. The van der Waals surface area contributed by atoms with Gasteiger partial charge in [0, 0.05) is 52.4 Å². The van der Waals surface area contributed by atoms with Crippen LogP contribution in [0.2, 0.25) is 0 Å². The molecule has 3 N–H and O–H groups in total. The van der Waals surface area contributed by atoms with Gasteiger partial charge in [-0.3, -0.25) is 9.69 Å². The average molecular weight is 286 g/mol. The molecule has 1 fully saturated rings. The van der Waals surface area contributed by atoms with Crippen molar-refractivity contribution >= 4 is 5.91 Å². The maximum absolute atomic E-state index is 11.9. The van der Waals surface area contributed by atoms with Gasteiger partial charge < -0.3 is 20.7 Å². The van der Waals surface area contributed by atoms with E-state index in [1.807, 2.05) is 0 Å². The standard InChI is InChI=1S/C14H30N4O2/c1-11(2)12(18-7-5-17(3)6-8-18)10-16-14(19)13(9-15)20-4/h11-13H,5-10,15H2,1-4H3,(H,16,19). The molecule has 1 aliphatic heterocycles. The number of ether oxygens (including phenoxy) is 1. The van der Waals surface area contributed by atoms with E-state index < -0.39 is 6.10 Å². The number of hydrogen-bond acceptors (Lipinski definition) is 5. The van der Waals surface area contributed by atoms with Gasteiger partial charge in [-0.15, -0.1) is 0 Å². The zero-order valence-corrected chi connectivity index (χ0v) is 13.3. The Labute approximate surface area is 122 Å². The minimum absolute atomic E-state index is 0.116. The summed E-state index contributed by atoms with van der Waals surface area (Å²) < 4.78 is 5.06. The van der Waals surface area contributed by atoms with Crippen LogP contribution in [0, 0.1) is 5.92 Å².